The van der Waals surface area contributed by atoms with Gasteiger partial charge in [0.25, 0.3) is 11.8 Å². The second-order valence-corrected chi connectivity index (χ2v) is 5.55. The van der Waals surface area contributed by atoms with Crippen LogP contribution in [0.1, 0.15) is 21.7 Å². The molecule has 1 aromatic carbocycles. The summed E-state index contributed by atoms with van der Waals surface area (Å²) in [6.07, 6.45) is 0. The summed E-state index contributed by atoms with van der Waals surface area (Å²) in [6.45, 7) is 3.74. The Morgan fingerprint density at radius 2 is 1.95 bits per heavy atom. The van der Waals surface area contributed by atoms with Crippen LogP contribution in [0.25, 0.3) is 10.8 Å². The highest BCUT2D eigenvalue weighted by Crippen LogP contribution is 2.32. The fraction of sp³-hybridized carbons (Fsp3) is 0.133. The molecule has 6 heteroatoms. The van der Waals surface area contributed by atoms with Gasteiger partial charge in [0, 0.05) is 5.56 Å². The number of benzene rings is 1. The molecule has 0 aliphatic heterocycles. The fourth-order valence-electron chi connectivity index (χ4n) is 1.86. The van der Waals surface area contributed by atoms with Crippen LogP contribution >= 0.6 is 11.3 Å². The molecular formula is C15H13N3O2S. The van der Waals surface area contributed by atoms with E-state index < -0.39 is 0 Å². The number of nitrogens with one attached hydrogen (secondary N) is 1. The molecule has 0 saturated heterocycles. The van der Waals surface area contributed by atoms with Crippen LogP contribution in [0.3, 0.4) is 0 Å². The van der Waals surface area contributed by atoms with Crippen LogP contribution in [0.5, 0.6) is 0 Å². The van der Waals surface area contributed by atoms with Crippen LogP contribution in [0, 0.1) is 13.8 Å². The fourth-order valence-corrected chi connectivity index (χ4v) is 2.63. The number of nitrogens with zero attached hydrogens (tertiary/aromatic N) is 2. The quantitative estimate of drug-likeness (QED) is 0.801. The lowest BCUT2D eigenvalue weighted by molar-refractivity contribution is 0.102. The molecule has 0 aliphatic carbocycles. The van der Waals surface area contributed by atoms with E-state index in [2.05, 4.69) is 15.5 Å². The Labute approximate surface area is 125 Å². The van der Waals surface area contributed by atoms with E-state index in [1.807, 2.05) is 30.5 Å². The lowest BCUT2D eigenvalue weighted by Crippen LogP contribution is -2.11. The molecule has 0 unspecified atom stereocenters. The summed E-state index contributed by atoms with van der Waals surface area (Å²) in [4.78, 5) is 17.2. The molecule has 0 fully saturated rings. The molecule has 2 aromatic heterocycles. The highest BCUT2D eigenvalue weighted by molar-refractivity contribution is 7.14. The van der Waals surface area contributed by atoms with Gasteiger partial charge in [-0.05, 0) is 37.4 Å². The van der Waals surface area contributed by atoms with Crippen molar-refractivity contribution in [3.05, 3.63) is 52.7 Å². The first-order valence-corrected chi connectivity index (χ1v) is 7.27. The van der Waals surface area contributed by atoms with Crippen LogP contribution in [0.2, 0.25) is 0 Å². The number of hydrogen-bond acceptors (Lipinski definition) is 5. The van der Waals surface area contributed by atoms with Gasteiger partial charge in [0.1, 0.15) is 4.88 Å². The minimum atomic E-state index is -0.161. The van der Waals surface area contributed by atoms with E-state index in [1.165, 1.54) is 11.3 Å². The molecule has 1 amide bonds. The van der Waals surface area contributed by atoms with Gasteiger partial charge in [0.2, 0.25) is 0 Å². The smallest absolute Gasteiger partial charge is 0.270 e. The Morgan fingerprint density at radius 3 is 2.62 bits per heavy atom. The first-order chi connectivity index (χ1) is 10.1. The van der Waals surface area contributed by atoms with E-state index in [9.17, 15) is 4.79 Å². The van der Waals surface area contributed by atoms with Crippen molar-refractivity contribution in [2.75, 3.05) is 5.32 Å². The molecule has 5 nitrogen and oxygen atoms in total. The van der Waals surface area contributed by atoms with E-state index >= 15 is 0 Å². The molecule has 0 radical (unpaired) electrons. The molecule has 1 N–H and O–H groups in total. The SMILES string of the molecule is Cc1ccc(C(=O)Nc2ccsc2-c2nc(C)no2)cc1. The third kappa shape index (κ3) is 2.85. The summed E-state index contributed by atoms with van der Waals surface area (Å²) in [5.74, 6) is 0.821. The van der Waals surface area contributed by atoms with E-state index in [4.69, 9.17) is 4.52 Å². The van der Waals surface area contributed by atoms with Crippen molar-refractivity contribution in [1.82, 2.24) is 10.1 Å². The number of aryl methyl sites for hydroxylation is 2. The summed E-state index contributed by atoms with van der Waals surface area (Å²) >= 11 is 1.44. The number of hydrogen-bond donors (Lipinski definition) is 1. The number of amides is 1. The van der Waals surface area contributed by atoms with Gasteiger partial charge < -0.3 is 9.84 Å². The monoisotopic (exact) mass is 299 g/mol. The number of carbonyl (C=O) groups is 1. The summed E-state index contributed by atoms with van der Waals surface area (Å²) in [5.41, 5.74) is 2.40. The van der Waals surface area contributed by atoms with Gasteiger partial charge in [-0.25, -0.2) is 0 Å². The molecule has 21 heavy (non-hydrogen) atoms. The zero-order valence-corrected chi connectivity index (χ0v) is 12.4. The molecule has 2 heterocycles. The molecule has 3 rings (SSSR count). The molecule has 0 atom stereocenters. The van der Waals surface area contributed by atoms with Crippen molar-refractivity contribution in [3.8, 4) is 10.8 Å². The predicted molar refractivity (Wildman–Crippen MR) is 81.5 cm³/mol. The van der Waals surface area contributed by atoms with Gasteiger partial charge in [-0.15, -0.1) is 11.3 Å². The minimum absolute atomic E-state index is 0.161. The predicted octanol–water partition coefficient (Wildman–Crippen LogP) is 3.67. The van der Waals surface area contributed by atoms with Crippen molar-refractivity contribution >= 4 is 22.9 Å². The van der Waals surface area contributed by atoms with Crippen molar-refractivity contribution in [2.24, 2.45) is 0 Å². The highest BCUT2D eigenvalue weighted by Gasteiger charge is 2.16. The minimum Gasteiger partial charge on any atom is -0.333 e. The van der Waals surface area contributed by atoms with E-state index in [0.29, 0.717) is 23.0 Å². The van der Waals surface area contributed by atoms with Crippen molar-refractivity contribution < 1.29 is 9.32 Å². The molecule has 0 bridgehead atoms. The maximum Gasteiger partial charge on any atom is 0.270 e. The lowest BCUT2D eigenvalue weighted by Gasteiger charge is -2.05. The summed E-state index contributed by atoms with van der Waals surface area (Å²) in [7, 11) is 0. The van der Waals surface area contributed by atoms with Gasteiger partial charge in [0.05, 0.1) is 5.69 Å². The standard InChI is InChI=1S/C15H13N3O2S/c1-9-3-5-11(6-4-9)14(19)17-12-7-8-21-13(12)15-16-10(2)18-20-15/h3-8H,1-2H3,(H,17,19). The zero-order valence-electron chi connectivity index (χ0n) is 11.6. The van der Waals surface area contributed by atoms with Crippen LogP contribution < -0.4 is 5.32 Å². The summed E-state index contributed by atoms with van der Waals surface area (Å²) < 4.78 is 5.15. The molecule has 0 spiro atoms. The normalized spacial score (nSPS) is 10.6. The van der Waals surface area contributed by atoms with E-state index in [-0.39, 0.29) is 5.91 Å². The second kappa shape index (κ2) is 5.49. The lowest BCUT2D eigenvalue weighted by atomic mass is 10.1. The Bertz CT molecular complexity index is 774. The van der Waals surface area contributed by atoms with Crippen molar-refractivity contribution in [3.63, 3.8) is 0 Å². The van der Waals surface area contributed by atoms with Crippen molar-refractivity contribution in [1.29, 1.82) is 0 Å². The van der Waals surface area contributed by atoms with Crippen LogP contribution in [-0.4, -0.2) is 16.0 Å². The average Bonchev–Trinajstić information content (AvgIpc) is 3.08. The number of rotatable bonds is 3. The molecule has 0 saturated carbocycles. The Morgan fingerprint density at radius 1 is 1.19 bits per heavy atom. The Hall–Kier alpha value is -2.47. The molecule has 3 aromatic rings. The summed E-state index contributed by atoms with van der Waals surface area (Å²) in [5, 5.41) is 8.52. The van der Waals surface area contributed by atoms with Crippen molar-refractivity contribution in [2.45, 2.75) is 13.8 Å². The topological polar surface area (TPSA) is 68.0 Å². The third-order valence-corrected chi connectivity index (χ3v) is 3.85. The first-order valence-electron chi connectivity index (χ1n) is 6.39. The van der Waals surface area contributed by atoms with Gasteiger partial charge >= 0.3 is 0 Å². The van der Waals surface area contributed by atoms with Crippen LogP contribution in [-0.2, 0) is 0 Å². The van der Waals surface area contributed by atoms with Crippen LogP contribution in [0.15, 0.2) is 40.2 Å². The summed E-state index contributed by atoms with van der Waals surface area (Å²) in [6, 6.07) is 9.24. The third-order valence-electron chi connectivity index (χ3n) is 2.95. The van der Waals surface area contributed by atoms with E-state index in [1.54, 1.807) is 19.1 Å². The Kier molecular flexibility index (Phi) is 3.53. The maximum absolute atomic E-state index is 12.2. The second-order valence-electron chi connectivity index (χ2n) is 4.63. The molecule has 0 aliphatic rings. The molecular weight excluding hydrogens is 286 g/mol. The number of aromatic nitrogens is 2. The largest absolute Gasteiger partial charge is 0.333 e. The van der Waals surface area contributed by atoms with E-state index in [0.717, 1.165) is 10.4 Å². The first kappa shape index (κ1) is 13.5. The number of anilines is 1. The number of carbonyl (C=O) groups excluding carboxylic acids is 1. The highest BCUT2D eigenvalue weighted by atomic mass is 32.1. The Balaban J connectivity index is 1.84. The molecule has 106 valence electrons. The van der Waals surface area contributed by atoms with Gasteiger partial charge in [-0.2, -0.15) is 4.98 Å². The average molecular weight is 299 g/mol. The van der Waals surface area contributed by atoms with Crippen LogP contribution in [0.4, 0.5) is 5.69 Å². The maximum atomic E-state index is 12.2. The van der Waals surface area contributed by atoms with Gasteiger partial charge in [-0.3, -0.25) is 4.79 Å². The number of thiophene rings is 1. The van der Waals surface area contributed by atoms with Gasteiger partial charge in [-0.1, -0.05) is 22.9 Å². The zero-order chi connectivity index (χ0) is 14.8. The van der Waals surface area contributed by atoms with Gasteiger partial charge in [0.15, 0.2) is 5.82 Å².